The molecule has 0 aromatic carbocycles. The summed E-state index contributed by atoms with van der Waals surface area (Å²) in [5, 5.41) is 0. The Hall–Kier alpha value is -4.97. The normalized spacial score (nSPS) is 13.1. The fourth-order valence-electron chi connectivity index (χ4n) is 9.04. The Labute approximate surface area is 511 Å². The van der Waals surface area contributed by atoms with E-state index in [-0.39, 0.29) is 32.0 Å². The average Bonchev–Trinajstić information content (AvgIpc) is 3.49. The maximum Gasteiger partial charge on any atom is 0.309 e. The van der Waals surface area contributed by atoms with Gasteiger partial charge >= 0.3 is 17.9 Å². The van der Waals surface area contributed by atoms with Crippen LogP contribution in [-0.2, 0) is 28.6 Å². The van der Waals surface area contributed by atoms with Gasteiger partial charge in [-0.1, -0.05) is 314 Å². The first kappa shape index (κ1) is 78.0. The van der Waals surface area contributed by atoms with E-state index >= 15 is 0 Å². The molecule has 0 aromatic heterocycles. The highest BCUT2D eigenvalue weighted by Crippen LogP contribution is 2.16. The van der Waals surface area contributed by atoms with Gasteiger partial charge < -0.3 is 14.2 Å². The molecule has 0 bridgehead atoms. The summed E-state index contributed by atoms with van der Waals surface area (Å²) in [6, 6.07) is 0. The molecule has 83 heavy (non-hydrogen) atoms. The Morgan fingerprint density at radius 3 is 0.892 bits per heavy atom. The molecule has 0 aliphatic carbocycles. The highest BCUT2D eigenvalue weighted by molar-refractivity contribution is 5.72. The minimum Gasteiger partial charge on any atom is -0.462 e. The van der Waals surface area contributed by atoms with Gasteiger partial charge in [-0.2, -0.15) is 0 Å². The summed E-state index contributed by atoms with van der Waals surface area (Å²) in [7, 11) is 0. The molecule has 0 spiro atoms. The van der Waals surface area contributed by atoms with Gasteiger partial charge in [-0.05, 0) is 116 Å². The zero-order valence-corrected chi connectivity index (χ0v) is 53.7. The predicted octanol–water partition coefficient (Wildman–Crippen LogP) is 23.7. The predicted molar refractivity (Wildman–Crippen MR) is 362 cm³/mol. The van der Waals surface area contributed by atoms with Gasteiger partial charge in [0, 0.05) is 12.8 Å². The number of carbonyl (C=O) groups excluding carboxylic acids is 3. The van der Waals surface area contributed by atoms with E-state index in [2.05, 4.69) is 154 Å². The molecule has 1 atom stereocenters. The van der Waals surface area contributed by atoms with Gasteiger partial charge in [-0.15, -0.1) is 0 Å². The van der Waals surface area contributed by atoms with Crippen molar-refractivity contribution >= 4 is 17.9 Å². The molecule has 0 saturated heterocycles. The topological polar surface area (TPSA) is 78.9 Å². The van der Waals surface area contributed by atoms with Crippen molar-refractivity contribution in [2.75, 3.05) is 13.2 Å². The number of ether oxygens (including phenoxy) is 3. The van der Waals surface area contributed by atoms with E-state index in [1.165, 1.54) is 148 Å². The zero-order chi connectivity index (χ0) is 59.9. The van der Waals surface area contributed by atoms with E-state index in [4.69, 9.17) is 14.2 Å². The third-order valence-corrected chi connectivity index (χ3v) is 14.0. The molecule has 0 fully saturated rings. The molecule has 0 aliphatic rings. The van der Waals surface area contributed by atoms with Crippen molar-refractivity contribution in [3.63, 3.8) is 0 Å². The van der Waals surface area contributed by atoms with Gasteiger partial charge in [0.2, 0.25) is 0 Å². The second kappa shape index (κ2) is 69.5. The average molecular weight is 1150 g/mol. The molecule has 0 radical (unpaired) electrons. The largest absolute Gasteiger partial charge is 0.462 e. The third-order valence-electron chi connectivity index (χ3n) is 14.0. The van der Waals surface area contributed by atoms with Crippen LogP contribution in [0.1, 0.15) is 290 Å². The van der Waals surface area contributed by atoms with Crippen molar-refractivity contribution in [1.29, 1.82) is 0 Å². The summed E-state index contributed by atoms with van der Waals surface area (Å²) in [6.45, 7) is 6.26. The van der Waals surface area contributed by atoms with E-state index in [0.717, 1.165) is 96.3 Å². The fraction of sp³-hybridized carbons (Fsp3) is 0.623. The summed E-state index contributed by atoms with van der Waals surface area (Å²) in [5.74, 6) is -1.16. The summed E-state index contributed by atoms with van der Waals surface area (Å²) in [4.78, 5) is 38.2. The molecule has 0 heterocycles. The number of unbranched alkanes of at least 4 members (excludes halogenated alkanes) is 24. The van der Waals surface area contributed by atoms with Gasteiger partial charge in [0.15, 0.2) is 6.10 Å². The molecule has 0 rings (SSSR count). The van der Waals surface area contributed by atoms with Crippen molar-refractivity contribution in [3.8, 4) is 0 Å². The molecule has 0 saturated carbocycles. The quantitative estimate of drug-likeness (QED) is 0.0261. The summed E-state index contributed by atoms with van der Waals surface area (Å²) >= 11 is 0. The maximum absolute atomic E-state index is 12.9. The van der Waals surface area contributed by atoms with Crippen LogP contribution >= 0.6 is 0 Å². The number of allylic oxidation sites excluding steroid dienone is 25. The summed E-state index contributed by atoms with van der Waals surface area (Å²) in [5.41, 5.74) is 0. The molecule has 6 nitrogen and oxygen atoms in total. The smallest absolute Gasteiger partial charge is 0.309 e. The van der Waals surface area contributed by atoms with Gasteiger partial charge in [0.1, 0.15) is 13.2 Å². The fourth-order valence-corrected chi connectivity index (χ4v) is 9.04. The first-order chi connectivity index (χ1) is 41.0. The molecule has 0 amide bonds. The number of hydrogen-bond acceptors (Lipinski definition) is 6. The molecule has 0 N–H and O–H groups in total. The van der Waals surface area contributed by atoms with E-state index in [1.54, 1.807) is 6.08 Å². The van der Waals surface area contributed by atoms with E-state index in [9.17, 15) is 14.4 Å². The highest BCUT2D eigenvalue weighted by Gasteiger charge is 2.19. The number of esters is 3. The van der Waals surface area contributed by atoms with Crippen LogP contribution in [0.4, 0.5) is 0 Å². The van der Waals surface area contributed by atoms with Gasteiger partial charge in [0.05, 0.1) is 6.42 Å². The van der Waals surface area contributed by atoms with E-state index in [0.29, 0.717) is 12.8 Å². The molecule has 0 aromatic rings. The van der Waals surface area contributed by atoms with Crippen molar-refractivity contribution in [2.24, 2.45) is 0 Å². The molecule has 1 unspecified atom stereocenters. The molecular weight excluding hydrogens is 1020 g/mol. The van der Waals surface area contributed by atoms with Gasteiger partial charge in [0.25, 0.3) is 0 Å². The van der Waals surface area contributed by atoms with Crippen LogP contribution < -0.4 is 0 Å². The van der Waals surface area contributed by atoms with Gasteiger partial charge in [-0.3, -0.25) is 14.4 Å². The second-order valence-corrected chi connectivity index (χ2v) is 22.0. The zero-order valence-electron chi connectivity index (χ0n) is 53.7. The number of hydrogen-bond donors (Lipinski definition) is 0. The molecular formula is C77H124O6. The minimum absolute atomic E-state index is 0.106. The van der Waals surface area contributed by atoms with Crippen LogP contribution in [-0.4, -0.2) is 37.2 Å². The first-order valence-electron chi connectivity index (χ1n) is 34.0. The van der Waals surface area contributed by atoms with Crippen molar-refractivity contribution in [1.82, 2.24) is 0 Å². The van der Waals surface area contributed by atoms with Crippen molar-refractivity contribution in [3.05, 3.63) is 158 Å². The lowest BCUT2D eigenvalue weighted by atomic mass is 10.0. The number of carbonyl (C=O) groups is 3. The lowest BCUT2D eigenvalue weighted by molar-refractivity contribution is -0.166. The Kier molecular flexibility index (Phi) is 65.4. The Balaban J connectivity index is 4.39. The van der Waals surface area contributed by atoms with Gasteiger partial charge in [-0.25, -0.2) is 0 Å². The lowest BCUT2D eigenvalue weighted by Gasteiger charge is -2.18. The first-order valence-corrected chi connectivity index (χ1v) is 34.0. The Morgan fingerprint density at radius 1 is 0.265 bits per heavy atom. The van der Waals surface area contributed by atoms with Crippen molar-refractivity contribution < 1.29 is 28.6 Å². The summed E-state index contributed by atoms with van der Waals surface area (Å²) < 4.78 is 16.7. The number of rotatable bonds is 60. The summed E-state index contributed by atoms with van der Waals surface area (Å²) in [6.07, 6.45) is 102. The Bertz CT molecular complexity index is 1840. The molecule has 468 valence electrons. The van der Waals surface area contributed by atoms with Crippen LogP contribution in [0.25, 0.3) is 0 Å². The van der Waals surface area contributed by atoms with Crippen molar-refractivity contribution in [2.45, 2.75) is 297 Å². The van der Waals surface area contributed by atoms with Crippen LogP contribution in [0.2, 0.25) is 0 Å². The standard InChI is InChI=1S/C77H124O6/c1-4-7-10-13-16-19-22-25-28-30-32-33-34-35-36-37-38-39-40-41-42-43-45-46-49-52-55-58-61-64-67-70-76(79)82-73-74(72-81-75(78)69-66-63-60-57-54-51-48-27-24-21-18-15-12-9-6-3)83-77(80)71-68-65-62-59-56-53-50-47-44-31-29-26-23-20-17-14-11-8-5-2/h8-9,11-12,17-18,20-22,25-27,29-30,32,44,47-48,53-54,56-57,62-63,65-66,74H,4-7,10,13-16,19,23-24,28,31,33-43,45-46,49-52,55,58-61,64,67-73H2,1-3H3/b11-8-,12-9-,20-17-,21-18-,25-22-,29-26-,32-30-,47-44-,48-27-,56-53-,57-54-,65-62-,66-63-. The van der Waals surface area contributed by atoms with E-state index in [1.807, 2.05) is 18.2 Å². The lowest BCUT2D eigenvalue weighted by Crippen LogP contribution is -2.30. The van der Waals surface area contributed by atoms with Crippen LogP contribution in [0.3, 0.4) is 0 Å². The SMILES string of the molecule is CC/C=C\C/C=C\C/C=C\C/C=C\C/C=C\C/C=C\CCC(=O)OC(COC(=O)C/C=C\C/C=C\C/C=C\C/C=C\C/C=C\CC)COC(=O)CCCCCCCCCCCCCCCCCCCCC/C=C\C/C=C\CCCCCCC. The van der Waals surface area contributed by atoms with Crippen LogP contribution in [0.5, 0.6) is 0 Å². The molecule has 0 aliphatic heterocycles. The van der Waals surface area contributed by atoms with E-state index < -0.39 is 18.0 Å². The van der Waals surface area contributed by atoms with Crippen LogP contribution in [0, 0.1) is 0 Å². The Morgan fingerprint density at radius 2 is 0.542 bits per heavy atom. The van der Waals surface area contributed by atoms with Crippen LogP contribution in [0.15, 0.2) is 158 Å². The second-order valence-electron chi connectivity index (χ2n) is 22.0. The highest BCUT2D eigenvalue weighted by atomic mass is 16.6. The molecule has 6 heteroatoms. The minimum atomic E-state index is -0.866. The maximum atomic E-state index is 12.9. The third kappa shape index (κ3) is 67.7. The monoisotopic (exact) mass is 1140 g/mol.